The first-order chi connectivity index (χ1) is 8.22. The van der Waals surface area contributed by atoms with Crippen molar-refractivity contribution in [3.05, 3.63) is 42.5 Å². The molecule has 0 saturated carbocycles. The predicted molar refractivity (Wildman–Crippen MR) is 72.2 cm³/mol. The van der Waals surface area contributed by atoms with Crippen LogP contribution in [0, 0.1) is 6.92 Å². The SMILES string of the molecule is C=C1CSc2cc(-c3cnc(C)[nH]3)ccc2N1. The molecular formula is C13H13N3S. The van der Waals surface area contributed by atoms with Crippen LogP contribution in [0.15, 0.2) is 41.6 Å². The number of nitrogens with one attached hydrogen (secondary N) is 2. The van der Waals surface area contributed by atoms with E-state index < -0.39 is 0 Å². The van der Waals surface area contributed by atoms with Crippen LogP contribution < -0.4 is 5.32 Å². The van der Waals surface area contributed by atoms with E-state index in [4.69, 9.17) is 0 Å². The van der Waals surface area contributed by atoms with Crippen molar-refractivity contribution in [1.29, 1.82) is 0 Å². The number of rotatable bonds is 1. The number of H-pyrrole nitrogens is 1. The summed E-state index contributed by atoms with van der Waals surface area (Å²) in [6.45, 7) is 5.91. The largest absolute Gasteiger partial charge is 0.358 e. The highest BCUT2D eigenvalue weighted by Crippen LogP contribution is 2.36. The molecule has 0 bridgehead atoms. The number of benzene rings is 1. The van der Waals surface area contributed by atoms with E-state index in [9.17, 15) is 0 Å². The second-order valence-corrected chi connectivity index (χ2v) is 5.13. The van der Waals surface area contributed by atoms with Crippen molar-refractivity contribution >= 4 is 17.4 Å². The highest BCUT2D eigenvalue weighted by Gasteiger charge is 2.12. The van der Waals surface area contributed by atoms with E-state index >= 15 is 0 Å². The molecule has 1 aliphatic heterocycles. The summed E-state index contributed by atoms with van der Waals surface area (Å²) >= 11 is 1.82. The maximum absolute atomic E-state index is 4.23. The van der Waals surface area contributed by atoms with Gasteiger partial charge in [-0.05, 0) is 19.1 Å². The Labute approximate surface area is 104 Å². The minimum absolute atomic E-state index is 0.929. The van der Waals surface area contributed by atoms with Gasteiger partial charge in [0.2, 0.25) is 0 Å². The van der Waals surface area contributed by atoms with Gasteiger partial charge in [-0.2, -0.15) is 0 Å². The number of thioether (sulfide) groups is 1. The smallest absolute Gasteiger partial charge is 0.103 e. The van der Waals surface area contributed by atoms with E-state index in [1.807, 2.05) is 24.9 Å². The molecule has 0 atom stereocenters. The molecule has 3 nitrogen and oxygen atoms in total. The summed E-state index contributed by atoms with van der Waals surface area (Å²) in [6, 6.07) is 6.38. The summed E-state index contributed by atoms with van der Waals surface area (Å²) < 4.78 is 0. The van der Waals surface area contributed by atoms with Gasteiger partial charge in [-0.25, -0.2) is 4.98 Å². The van der Waals surface area contributed by atoms with Gasteiger partial charge in [0.15, 0.2) is 0 Å². The highest BCUT2D eigenvalue weighted by molar-refractivity contribution is 7.99. The van der Waals surface area contributed by atoms with Gasteiger partial charge in [0.1, 0.15) is 5.82 Å². The van der Waals surface area contributed by atoms with Crippen LogP contribution in [0.5, 0.6) is 0 Å². The van der Waals surface area contributed by atoms with Gasteiger partial charge < -0.3 is 10.3 Å². The van der Waals surface area contributed by atoms with Crippen molar-refractivity contribution < 1.29 is 0 Å². The number of aromatic amines is 1. The molecule has 2 aromatic rings. The van der Waals surface area contributed by atoms with Gasteiger partial charge in [0.05, 0.1) is 17.6 Å². The molecule has 0 saturated heterocycles. The number of nitrogens with zero attached hydrogens (tertiary/aromatic N) is 1. The van der Waals surface area contributed by atoms with Gasteiger partial charge in [-0.1, -0.05) is 12.6 Å². The number of hydrogen-bond acceptors (Lipinski definition) is 3. The van der Waals surface area contributed by atoms with Crippen LogP contribution in [-0.4, -0.2) is 15.7 Å². The fourth-order valence-corrected chi connectivity index (χ4v) is 2.76. The molecule has 1 aliphatic rings. The Bertz CT molecular complexity index is 586. The van der Waals surface area contributed by atoms with Crippen LogP contribution in [0.4, 0.5) is 5.69 Å². The van der Waals surface area contributed by atoms with Crippen LogP contribution in [0.1, 0.15) is 5.82 Å². The predicted octanol–water partition coefficient (Wildman–Crippen LogP) is 3.42. The lowest BCUT2D eigenvalue weighted by atomic mass is 10.1. The summed E-state index contributed by atoms with van der Waals surface area (Å²) in [5, 5.41) is 3.30. The molecule has 17 heavy (non-hydrogen) atoms. The molecule has 0 amide bonds. The minimum atomic E-state index is 0.929. The lowest BCUT2D eigenvalue weighted by Crippen LogP contribution is -2.06. The van der Waals surface area contributed by atoms with E-state index in [0.717, 1.165) is 28.7 Å². The van der Waals surface area contributed by atoms with Gasteiger partial charge >= 0.3 is 0 Å². The van der Waals surface area contributed by atoms with E-state index in [1.54, 1.807) is 0 Å². The lowest BCUT2D eigenvalue weighted by Gasteiger charge is -2.19. The summed E-state index contributed by atoms with van der Waals surface area (Å²) in [7, 11) is 0. The summed E-state index contributed by atoms with van der Waals surface area (Å²) in [4.78, 5) is 8.74. The fourth-order valence-electron chi connectivity index (χ4n) is 1.87. The number of imidazole rings is 1. The summed E-state index contributed by atoms with van der Waals surface area (Å²) in [5.41, 5.74) is 4.44. The zero-order chi connectivity index (χ0) is 11.8. The average Bonchev–Trinajstić information content (AvgIpc) is 2.75. The van der Waals surface area contributed by atoms with E-state index in [1.165, 1.54) is 10.5 Å². The molecule has 0 spiro atoms. The Kier molecular flexibility index (Phi) is 2.44. The van der Waals surface area contributed by atoms with Crippen LogP contribution in [0.2, 0.25) is 0 Å². The molecule has 4 heteroatoms. The van der Waals surface area contributed by atoms with Crippen molar-refractivity contribution in [1.82, 2.24) is 9.97 Å². The molecule has 0 aliphatic carbocycles. The Balaban J connectivity index is 2.01. The molecule has 0 fully saturated rings. The Morgan fingerprint density at radius 1 is 1.41 bits per heavy atom. The molecule has 0 unspecified atom stereocenters. The second kappa shape index (κ2) is 3.96. The topological polar surface area (TPSA) is 40.7 Å². The van der Waals surface area contributed by atoms with Crippen LogP contribution >= 0.6 is 11.8 Å². The van der Waals surface area contributed by atoms with Gasteiger partial charge in [-0.3, -0.25) is 0 Å². The normalized spacial score (nSPS) is 14.3. The zero-order valence-electron chi connectivity index (χ0n) is 9.58. The van der Waals surface area contributed by atoms with Crippen molar-refractivity contribution in [2.45, 2.75) is 11.8 Å². The molecular weight excluding hydrogens is 230 g/mol. The van der Waals surface area contributed by atoms with E-state index in [0.29, 0.717) is 0 Å². The molecule has 2 N–H and O–H groups in total. The van der Waals surface area contributed by atoms with Gasteiger partial charge in [0.25, 0.3) is 0 Å². The fraction of sp³-hybridized carbons (Fsp3) is 0.154. The number of fused-ring (bicyclic) bond motifs is 1. The number of anilines is 1. The third kappa shape index (κ3) is 1.96. The first kappa shape index (κ1) is 10.5. The van der Waals surface area contributed by atoms with Crippen molar-refractivity contribution in [3.63, 3.8) is 0 Å². The Morgan fingerprint density at radius 2 is 2.29 bits per heavy atom. The van der Waals surface area contributed by atoms with Crippen molar-refractivity contribution in [2.75, 3.05) is 11.1 Å². The van der Waals surface area contributed by atoms with Crippen LogP contribution in [-0.2, 0) is 0 Å². The maximum atomic E-state index is 4.23. The van der Waals surface area contributed by atoms with Gasteiger partial charge in [-0.15, -0.1) is 11.8 Å². The zero-order valence-corrected chi connectivity index (χ0v) is 10.4. The monoisotopic (exact) mass is 243 g/mol. The van der Waals surface area contributed by atoms with Crippen molar-refractivity contribution in [3.8, 4) is 11.3 Å². The maximum Gasteiger partial charge on any atom is 0.103 e. The first-order valence-corrected chi connectivity index (χ1v) is 6.44. The first-order valence-electron chi connectivity index (χ1n) is 5.46. The quantitative estimate of drug-likeness (QED) is 0.806. The third-order valence-corrected chi connectivity index (χ3v) is 3.85. The number of aromatic nitrogens is 2. The highest BCUT2D eigenvalue weighted by atomic mass is 32.2. The molecule has 1 aromatic heterocycles. The van der Waals surface area contributed by atoms with E-state index in [-0.39, 0.29) is 0 Å². The van der Waals surface area contributed by atoms with E-state index in [2.05, 4.69) is 40.1 Å². The molecule has 0 radical (unpaired) electrons. The van der Waals surface area contributed by atoms with Crippen LogP contribution in [0.3, 0.4) is 0 Å². The van der Waals surface area contributed by atoms with Crippen molar-refractivity contribution in [2.24, 2.45) is 0 Å². The lowest BCUT2D eigenvalue weighted by molar-refractivity contribution is 1.15. The second-order valence-electron chi connectivity index (χ2n) is 4.11. The molecule has 1 aromatic carbocycles. The average molecular weight is 243 g/mol. The standard InChI is InChI=1S/C13H13N3S/c1-8-7-17-13-5-10(3-4-11(13)15-8)12-6-14-9(2)16-12/h3-6,15H,1,7H2,2H3,(H,14,16). The number of aryl methyl sites for hydroxylation is 1. The number of hydrogen-bond donors (Lipinski definition) is 2. The summed E-state index contributed by atoms with van der Waals surface area (Å²) in [6.07, 6.45) is 1.87. The molecule has 2 heterocycles. The van der Waals surface area contributed by atoms with Gasteiger partial charge in [0, 0.05) is 21.9 Å². The Morgan fingerprint density at radius 3 is 3.06 bits per heavy atom. The molecule has 86 valence electrons. The molecule has 3 rings (SSSR count). The van der Waals surface area contributed by atoms with Crippen LogP contribution in [0.25, 0.3) is 11.3 Å². The minimum Gasteiger partial charge on any atom is -0.358 e. The Hall–Kier alpha value is -1.68. The summed E-state index contributed by atoms with van der Waals surface area (Å²) in [5.74, 6) is 1.87. The third-order valence-electron chi connectivity index (χ3n) is 2.71.